The Morgan fingerprint density at radius 3 is 2.55 bits per heavy atom. The van der Waals surface area contributed by atoms with Crippen LogP contribution >= 0.6 is 0 Å². The molecule has 3 heteroatoms. The topological polar surface area (TPSA) is 34.4 Å². The minimum absolute atomic E-state index is 0.0581. The summed E-state index contributed by atoms with van der Waals surface area (Å²) in [6, 6.07) is 0.424. The Bertz CT molecular complexity index is 143. The summed E-state index contributed by atoms with van der Waals surface area (Å²) in [7, 11) is 1.56. The van der Waals surface area contributed by atoms with E-state index in [1.807, 2.05) is 11.8 Å². The highest BCUT2D eigenvalue weighted by molar-refractivity contribution is 5.73. The molecule has 0 atom stereocenters. The SMILES string of the molecule is CCN(C(=O)[N]C)C1CCC1. The van der Waals surface area contributed by atoms with Gasteiger partial charge in [0.1, 0.15) is 0 Å². The first-order valence-electron chi connectivity index (χ1n) is 4.20. The number of hydrogen-bond donors (Lipinski definition) is 0. The van der Waals surface area contributed by atoms with Crippen molar-refractivity contribution in [1.29, 1.82) is 0 Å². The molecule has 0 spiro atoms. The van der Waals surface area contributed by atoms with Crippen LogP contribution in [0.1, 0.15) is 26.2 Å². The molecule has 3 nitrogen and oxygen atoms in total. The highest BCUT2D eigenvalue weighted by atomic mass is 16.2. The fourth-order valence-electron chi connectivity index (χ4n) is 1.38. The van der Waals surface area contributed by atoms with Gasteiger partial charge in [0.25, 0.3) is 0 Å². The van der Waals surface area contributed by atoms with Crippen LogP contribution in [0.25, 0.3) is 0 Å². The number of carbonyl (C=O) groups excluding carboxylic acids is 1. The number of hydrogen-bond acceptors (Lipinski definition) is 1. The molecule has 0 N–H and O–H groups in total. The molecule has 1 saturated carbocycles. The summed E-state index contributed by atoms with van der Waals surface area (Å²) in [4.78, 5) is 13.0. The Morgan fingerprint density at radius 1 is 1.64 bits per heavy atom. The van der Waals surface area contributed by atoms with Crippen LogP contribution in [-0.4, -0.2) is 30.6 Å². The number of amides is 2. The van der Waals surface area contributed by atoms with Gasteiger partial charge in [0.05, 0.1) is 0 Å². The summed E-state index contributed by atoms with van der Waals surface area (Å²) in [5.74, 6) is 0. The number of carbonyl (C=O) groups is 1. The van der Waals surface area contributed by atoms with Crippen molar-refractivity contribution in [2.75, 3.05) is 13.6 Å². The number of urea groups is 1. The Labute approximate surface area is 67.8 Å². The fraction of sp³-hybridized carbons (Fsp3) is 0.875. The molecule has 2 amide bonds. The maximum Gasteiger partial charge on any atom is 0.338 e. The zero-order valence-corrected chi connectivity index (χ0v) is 7.21. The van der Waals surface area contributed by atoms with Gasteiger partial charge in [-0.2, -0.15) is 0 Å². The average Bonchev–Trinajstić information content (AvgIpc) is 1.94. The fourth-order valence-corrected chi connectivity index (χ4v) is 1.38. The molecular formula is C8H15N2O. The van der Waals surface area contributed by atoms with Gasteiger partial charge < -0.3 is 4.90 Å². The molecular weight excluding hydrogens is 140 g/mol. The van der Waals surface area contributed by atoms with Crippen molar-refractivity contribution in [3.63, 3.8) is 0 Å². The van der Waals surface area contributed by atoms with Crippen LogP contribution in [0.4, 0.5) is 4.79 Å². The van der Waals surface area contributed by atoms with Gasteiger partial charge in [0, 0.05) is 19.6 Å². The zero-order valence-electron chi connectivity index (χ0n) is 7.21. The quantitative estimate of drug-likeness (QED) is 0.590. The Balaban J connectivity index is 2.40. The number of nitrogens with zero attached hydrogens (tertiary/aromatic N) is 2. The molecule has 0 aromatic heterocycles. The predicted molar refractivity (Wildman–Crippen MR) is 43.5 cm³/mol. The first-order valence-corrected chi connectivity index (χ1v) is 4.20. The molecule has 1 fully saturated rings. The molecule has 63 valence electrons. The molecule has 0 heterocycles. The van der Waals surface area contributed by atoms with E-state index < -0.39 is 0 Å². The van der Waals surface area contributed by atoms with Crippen molar-refractivity contribution >= 4 is 6.03 Å². The molecule has 0 aromatic rings. The van der Waals surface area contributed by atoms with Crippen LogP contribution < -0.4 is 5.32 Å². The Morgan fingerprint density at radius 2 is 2.27 bits per heavy atom. The first kappa shape index (κ1) is 8.37. The van der Waals surface area contributed by atoms with Gasteiger partial charge in [-0.05, 0) is 26.2 Å². The van der Waals surface area contributed by atoms with Crippen LogP contribution in [-0.2, 0) is 0 Å². The van der Waals surface area contributed by atoms with Gasteiger partial charge >= 0.3 is 6.03 Å². The lowest BCUT2D eigenvalue weighted by atomic mass is 9.92. The summed E-state index contributed by atoms with van der Waals surface area (Å²) in [5.41, 5.74) is 0. The Hall–Kier alpha value is -0.730. The van der Waals surface area contributed by atoms with Crippen molar-refractivity contribution in [3.05, 3.63) is 0 Å². The van der Waals surface area contributed by atoms with E-state index >= 15 is 0 Å². The summed E-state index contributed by atoms with van der Waals surface area (Å²) in [6.45, 7) is 2.79. The standard InChI is InChI=1S/C8H15N2O/c1-3-10(8(11)9-2)7-5-4-6-7/h7H,3-6H2,1-2H3. The minimum Gasteiger partial charge on any atom is -0.321 e. The first-order chi connectivity index (χ1) is 5.29. The third-order valence-electron chi connectivity index (χ3n) is 2.29. The van der Waals surface area contributed by atoms with E-state index in [9.17, 15) is 4.79 Å². The van der Waals surface area contributed by atoms with Gasteiger partial charge in [-0.15, -0.1) is 0 Å². The molecule has 1 aliphatic carbocycles. The van der Waals surface area contributed by atoms with E-state index in [4.69, 9.17) is 0 Å². The van der Waals surface area contributed by atoms with Gasteiger partial charge in [0.2, 0.25) is 0 Å². The van der Waals surface area contributed by atoms with Crippen molar-refractivity contribution < 1.29 is 4.79 Å². The van der Waals surface area contributed by atoms with Crippen molar-refractivity contribution in [2.24, 2.45) is 0 Å². The number of rotatable bonds is 2. The highest BCUT2D eigenvalue weighted by Crippen LogP contribution is 2.24. The van der Waals surface area contributed by atoms with Crippen LogP contribution in [0.15, 0.2) is 0 Å². The molecule has 0 aromatic carbocycles. The predicted octanol–water partition coefficient (Wildman–Crippen LogP) is 1.22. The highest BCUT2D eigenvalue weighted by Gasteiger charge is 2.26. The largest absolute Gasteiger partial charge is 0.338 e. The van der Waals surface area contributed by atoms with Gasteiger partial charge in [-0.25, -0.2) is 10.1 Å². The minimum atomic E-state index is -0.0581. The summed E-state index contributed by atoms with van der Waals surface area (Å²) in [6.07, 6.45) is 3.59. The monoisotopic (exact) mass is 155 g/mol. The summed E-state index contributed by atoms with van der Waals surface area (Å²) in [5, 5.41) is 3.65. The molecule has 11 heavy (non-hydrogen) atoms. The zero-order chi connectivity index (χ0) is 8.27. The normalized spacial score (nSPS) is 17.3. The summed E-state index contributed by atoms with van der Waals surface area (Å²) >= 11 is 0. The van der Waals surface area contributed by atoms with E-state index in [1.54, 1.807) is 7.05 Å². The second-order valence-electron chi connectivity index (χ2n) is 2.88. The summed E-state index contributed by atoms with van der Waals surface area (Å²) < 4.78 is 0. The van der Waals surface area contributed by atoms with E-state index in [0.29, 0.717) is 6.04 Å². The van der Waals surface area contributed by atoms with Crippen molar-refractivity contribution in [2.45, 2.75) is 32.2 Å². The van der Waals surface area contributed by atoms with E-state index in [1.165, 1.54) is 6.42 Å². The molecule has 0 bridgehead atoms. The van der Waals surface area contributed by atoms with Crippen LogP contribution in [0, 0.1) is 0 Å². The van der Waals surface area contributed by atoms with E-state index in [2.05, 4.69) is 5.32 Å². The second-order valence-corrected chi connectivity index (χ2v) is 2.88. The second kappa shape index (κ2) is 3.60. The van der Waals surface area contributed by atoms with E-state index in [0.717, 1.165) is 19.4 Å². The maximum atomic E-state index is 11.1. The lowest BCUT2D eigenvalue weighted by Gasteiger charge is -2.35. The molecule has 1 radical (unpaired) electrons. The van der Waals surface area contributed by atoms with Crippen LogP contribution in [0.2, 0.25) is 0 Å². The van der Waals surface area contributed by atoms with Gasteiger partial charge in [0.15, 0.2) is 0 Å². The third-order valence-corrected chi connectivity index (χ3v) is 2.29. The third kappa shape index (κ3) is 1.64. The Kier molecular flexibility index (Phi) is 2.74. The molecule has 0 unspecified atom stereocenters. The van der Waals surface area contributed by atoms with Crippen molar-refractivity contribution in [3.8, 4) is 0 Å². The average molecular weight is 155 g/mol. The molecule has 0 saturated heterocycles. The lowest BCUT2D eigenvalue weighted by molar-refractivity contribution is 0.143. The maximum absolute atomic E-state index is 11.1. The molecule has 1 rings (SSSR count). The molecule has 0 aliphatic heterocycles. The van der Waals surface area contributed by atoms with Crippen LogP contribution in [0.5, 0.6) is 0 Å². The van der Waals surface area contributed by atoms with Gasteiger partial charge in [-0.3, -0.25) is 0 Å². The lowest BCUT2D eigenvalue weighted by Crippen LogP contribution is -2.45. The van der Waals surface area contributed by atoms with Crippen molar-refractivity contribution in [1.82, 2.24) is 10.2 Å². The van der Waals surface area contributed by atoms with Gasteiger partial charge in [-0.1, -0.05) is 0 Å². The smallest absolute Gasteiger partial charge is 0.321 e. The van der Waals surface area contributed by atoms with E-state index in [-0.39, 0.29) is 6.03 Å². The van der Waals surface area contributed by atoms with Crippen LogP contribution in [0.3, 0.4) is 0 Å². The molecule has 1 aliphatic rings.